The van der Waals surface area contributed by atoms with Crippen LogP contribution in [0.2, 0.25) is 0 Å². The summed E-state index contributed by atoms with van der Waals surface area (Å²) in [5.41, 5.74) is 5.25. The number of piperidine rings is 1. The first-order valence-corrected chi connectivity index (χ1v) is 19.0. The fourth-order valence-electron chi connectivity index (χ4n) is 10.5. The second kappa shape index (κ2) is 13.5. The Hall–Kier alpha value is -3.96. The number of aromatic amines is 1. The molecule has 4 aromatic rings. The number of carbonyl (C=O) groups excluding carboxylic acids is 1. The van der Waals surface area contributed by atoms with Crippen LogP contribution in [0.5, 0.6) is 0 Å². The highest BCUT2D eigenvalue weighted by molar-refractivity contribution is 5.90. The number of aliphatic hydroxyl groups is 1. The Labute approximate surface area is 298 Å². The van der Waals surface area contributed by atoms with Crippen molar-refractivity contribution in [2.75, 3.05) is 25.0 Å². The van der Waals surface area contributed by atoms with Gasteiger partial charge in [0.15, 0.2) is 6.29 Å². The van der Waals surface area contributed by atoms with Crippen molar-refractivity contribution in [2.24, 2.45) is 17.8 Å². The smallest absolute Gasteiger partial charge is 0.326 e. The van der Waals surface area contributed by atoms with E-state index in [1.165, 1.54) is 19.3 Å². The van der Waals surface area contributed by atoms with Crippen molar-refractivity contribution in [2.45, 2.75) is 94.5 Å². The fourth-order valence-corrected chi connectivity index (χ4v) is 10.5. The molecule has 0 spiro atoms. The van der Waals surface area contributed by atoms with Crippen molar-refractivity contribution in [1.82, 2.24) is 19.8 Å². The summed E-state index contributed by atoms with van der Waals surface area (Å²) in [4.78, 5) is 31.7. The van der Waals surface area contributed by atoms with E-state index in [0.29, 0.717) is 6.42 Å². The minimum Gasteiger partial charge on any atom is -0.392 e. The third-order valence-corrected chi connectivity index (χ3v) is 12.5. The number of ether oxygens (including phenoxy) is 2. The summed E-state index contributed by atoms with van der Waals surface area (Å²) in [5, 5.41) is 16.2. The maximum Gasteiger partial charge on any atom is 0.326 e. The normalized spacial score (nSPS) is 30.8. The van der Waals surface area contributed by atoms with Gasteiger partial charge in [0.2, 0.25) is 0 Å². The average molecular weight is 692 g/mol. The minimum absolute atomic E-state index is 0.00295. The lowest BCUT2D eigenvalue weighted by atomic mass is 9.53. The highest BCUT2D eigenvalue weighted by Crippen LogP contribution is 2.55. The molecule has 2 saturated heterocycles. The zero-order chi connectivity index (χ0) is 34.5. The van der Waals surface area contributed by atoms with Gasteiger partial charge in [0.1, 0.15) is 0 Å². The summed E-state index contributed by atoms with van der Waals surface area (Å²) >= 11 is 0. The summed E-state index contributed by atoms with van der Waals surface area (Å²) in [6.45, 7) is 2.50. The van der Waals surface area contributed by atoms with Crippen molar-refractivity contribution in [3.63, 3.8) is 0 Å². The molecule has 2 amide bonds. The molecule has 3 atom stereocenters. The number of fused-ring (bicyclic) bond motifs is 1. The molecule has 10 rings (SSSR count). The quantitative estimate of drug-likeness (QED) is 0.162. The predicted octanol–water partition coefficient (Wildman–Crippen LogP) is 6.79. The number of likely N-dealkylation sites (tertiary alicyclic amines) is 1. The van der Waals surface area contributed by atoms with E-state index in [1.54, 1.807) is 0 Å². The maximum atomic E-state index is 13.4. The third kappa shape index (κ3) is 6.75. The fraction of sp³-hybridized carbons (Fsp3) is 0.512. The molecule has 4 N–H and O–H groups in total. The monoisotopic (exact) mass is 691 g/mol. The van der Waals surface area contributed by atoms with Gasteiger partial charge in [-0.3, -0.25) is 4.57 Å². The summed E-state index contributed by atoms with van der Waals surface area (Å²) in [7, 11) is 0. The first-order valence-electron chi connectivity index (χ1n) is 19.0. The van der Waals surface area contributed by atoms with Gasteiger partial charge in [-0.1, -0.05) is 48.5 Å². The number of urea groups is 1. The molecule has 4 aliphatic carbocycles. The number of rotatable bonds is 8. The summed E-state index contributed by atoms with van der Waals surface area (Å²) in [5.74, 6) is 2.28. The molecule has 3 heterocycles. The van der Waals surface area contributed by atoms with E-state index in [1.807, 2.05) is 77.4 Å². The van der Waals surface area contributed by atoms with Crippen LogP contribution in [0.3, 0.4) is 0 Å². The molecule has 3 unspecified atom stereocenters. The first kappa shape index (κ1) is 32.9. The van der Waals surface area contributed by atoms with E-state index in [4.69, 9.17) is 9.47 Å². The molecule has 2 aliphatic heterocycles. The van der Waals surface area contributed by atoms with Gasteiger partial charge in [-0.25, -0.2) is 9.59 Å². The van der Waals surface area contributed by atoms with Crippen LogP contribution >= 0.6 is 0 Å². The number of hydrogen-bond acceptors (Lipinski definition) is 6. The Balaban J connectivity index is 0.887. The zero-order valence-corrected chi connectivity index (χ0v) is 29.1. The van der Waals surface area contributed by atoms with Crippen LogP contribution in [-0.4, -0.2) is 56.9 Å². The highest BCUT2D eigenvalue weighted by Gasteiger charge is 2.51. The Morgan fingerprint density at radius 3 is 2.31 bits per heavy atom. The Morgan fingerprint density at radius 2 is 1.59 bits per heavy atom. The van der Waals surface area contributed by atoms with E-state index in [2.05, 4.69) is 20.5 Å². The van der Waals surface area contributed by atoms with Gasteiger partial charge in [0.25, 0.3) is 0 Å². The van der Waals surface area contributed by atoms with Crippen molar-refractivity contribution in [3.8, 4) is 0 Å². The van der Waals surface area contributed by atoms with Gasteiger partial charge >= 0.3 is 11.7 Å². The highest BCUT2D eigenvalue weighted by atomic mass is 16.7. The molecule has 1 aromatic heterocycles. The van der Waals surface area contributed by atoms with Gasteiger partial charge < -0.3 is 35.1 Å². The van der Waals surface area contributed by atoms with Crippen LogP contribution in [0.15, 0.2) is 77.6 Å². The van der Waals surface area contributed by atoms with Gasteiger partial charge in [-0.2, -0.15) is 0 Å². The number of nitrogens with zero attached hydrogens (tertiary/aromatic N) is 2. The van der Waals surface area contributed by atoms with E-state index in [9.17, 15) is 14.7 Å². The maximum absolute atomic E-state index is 13.4. The summed E-state index contributed by atoms with van der Waals surface area (Å²) < 4.78 is 15.3. The molecule has 10 nitrogen and oxygen atoms in total. The number of H-pyrrole nitrogens is 1. The topological polar surface area (TPSA) is 121 Å². The number of nitrogens with one attached hydrogen (secondary N) is 3. The van der Waals surface area contributed by atoms with Gasteiger partial charge in [0.05, 0.1) is 29.8 Å². The minimum atomic E-state index is -0.610. The predicted molar refractivity (Wildman–Crippen MR) is 195 cm³/mol. The molecule has 3 aromatic carbocycles. The number of aliphatic hydroxyl groups excluding tert-OH is 1. The van der Waals surface area contributed by atoms with Crippen LogP contribution in [0.1, 0.15) is 92.9 Å². The van der Waals surface area contributed by atoms with E-state index < -0.39 is 6.29 Å². The molecule has 0 radical (unpaired) electrons. The average Bonchev–Trinajstić information content (AvgIpc) is 3.46. The second-order valence-electron chi connectivity index (χ2n) is 16.1. The largest absolute Gasteiger partial charge is 0.392 e. The van der Waals surface area contributed by atoms with E-state index in [-0.39, 0.29) is 42.1 Å². The SMILES string of the molecule is O=C(Nc1cccc(C2OC(CN3CCC(n4c(=O)[nH]c5ccccc54)CC3)CC(c3ccc(CO)cc3)O2)c1)NC12CC3CC(CC(C3)C1)C2. The van der Waals surface area contributed by atoms with Crippen LogP contribution in [0, 0.1) is 17.8 Å². The summed E-state index contributed by atoms with van der Waals surface area (Å²) in [6.07, 6.45) is 8.92. The number of imidazole rings is 1. The molecule has 51 heavy (non-hydrogen) atoms. The molecule has 4 bridgehead atoms. The lowest BCUT2D eigenvalue weighted by Gasteiger charge is -2.56. The number of benzene rings is 3. The zero-order valence-electron chi connectivity index (χ0n) is 29.1. The number of anilines is 1. The number of carbonyl (C=O) groups is 1. The van der Waals surface area contributed by atoms with Crippen molar-refractivity contribution < 1.29 is 19.4 Å². The van der Waals surface area contributed by atoms with Crippen LogP contribution in [0.4, 0.5) is 10.5 Å². The van der Waals surface area contributed by atoms with E-state index >= 15 is 0 Å². The third-order valence-electron chi connectivity index (χ3n) is 12.5. The van der Waals surface area contributed by atoms with Crippen LogP contribution < -0.4 is 16.3 Å². The molecular weight excluding hydrogens is 642 g/mol. The molecule has 6 aliphatic rings. The number of hydrogen-bond donors (Lipinski definition) is 4. The van der Waals surface area contributed by atoms with Gasteiger partial charge in [0, 0.05) is 48.9 Å². The second-order valence-corrected chi connectivity index (χ2v) is 16.1. The van der Waals surface area contributed by atoms with Gasteiger partial charge in [-0.05, 0) is 105 Å². The Bertz CT molecular complexity index is 1890. The lowest BCUT2D eigenvalue weighted by molar-refractivity contribution is -0.253. The molecule has 10 heteroatoms. The molecule has 4 saturated carbocycles. The van der Waals surface area contributed by atoms with E-state index in [0.717, 1.165) is 103 Å². The number of para-hydroxylation sites is 2. The molecular formula is C41H49N5O5. The first-order chi connectivity index (χ1) is 24.9. The van der Waals surface area contributed by atoms with Crippen molar-refractivity contribution in [1.29, 1.82) is 0 Å². The van der Waals surface area contributed by atoms with Crippen molar-refractivity contribution >= 4 is 22.8 Å². The lowest BCUT2D eigenvalue weighted by Crippen LogP contribution is -2.60. The molecule has 268 valence electrons. The van der Waals surface area contributed by atoms with Crippen LogP contribution in [-0.2, 0) is 16.1 Å². The Morgan fingerprint density at radius 1 is 0.863 bits per heavy atom. The number of aromatic nitrogens is 2. The van der Waals surface area contributed by atoms with Gasteiger partial charge in [-0.15, -0.1) is 0 Å². The van der Waals surface area contributed by atoms with Crippen molar-refractivity contribution in [3.05, 3.63) is 100.0 Å². The van der Waals surface area contributed by atoms with Crippen LogP contribution in [0.25, 0.3) is 11.0 Å². The standard InChI is InChI=1S/C41H49N5O5/c47-25-26-8-10-30(11-9-26)37-20-34(24-45-14-12-33(13-15-45)46-36-7-2-1-6-35(36)43-40(46)49)50-38(51-37)31-4-3-5-32(19-31)42-39(48)44-41-21-27-16-28(22-41)18-29(17-27)23-41/h1-11,19,27-29,33-34,37-38,47H,12-18,20-25H2,(H,43,49)(H2,42,44,48). The Kier molecular flexibility index (Phi) is 8.74. The molecule has 6 fully saturated rings. The number of amides is 2. The summed E-state index contributed by atoms with van der Waals surface area (Å²) in [6, 6.07) is 23.8.